The zero-order valence-electron chi connectivity index (χ0n) is 19.4. The minimum atomic E-state index is -1.53. The predicted octanol–water partition coefficient (Wildman–Crippen LogP) is 6.36. The molecule has 0 spiro atoms. The van der Waals surface area contributed by atoms with E-state index in [2.05, 4.69) is 61.6 Å². The van der Waals surface area contributed by atoms with Crippen molar-refractivity contribution in [3.63, 3.8) is 0 Å². The highest BCUT2D eigenvalue weighted by molar-refractivity contribution is 5.70. The van der Waals surface area contributed by atoms with E-state index in [0.717, 1.165) is 32.1 Å². The standard InChI is InChI=1S/C27H42O4/c1-4-6-7-8-9-10-11-12-13-14-15-16-17-18-19-20-21-22-25(23(3)26(28)29)24(5-2)27(30)31/h6-7,9-10,12-13,15-16,18-19,21-26,28-29H,4-5,8,11,14,17,20H2,1-3H3,(H,30,31). The Morgan fingerprint density at radius 1 is 0.710 bits per heavy atom. The van der Waals surface area contributed by atoms with Gasteiger partial charge in [-0.2, -0.15) is 0 Å². The fourth-order valence-electron chi connectivity index (χ4n) is 3.15. The monoisotopic (exact) mass is 430 g/mol. The fraction of sp³-hybridized carbons (Fsp3) is 0.519. The van der Waals surface area contributed by atoms with Crippen LogP contribution in [0.1, 0.15) is 65.7 Å². The Morgan fingerprint density at radius 2 is 1.10 bits per heavy atom. The third kappa shape index (κ3) is 15.3. The minimum absolute atomic E-state index is 0.412. The second-order valence-corrected chi connectivity index (χ2v) is 7.57. The number of carboxylic acid groups (broad SMARTS) is 1. The van der Waals surface area contributed by atoms with Crippen LogP contribution in [-0.4, -0.2) is 27.6 Å². The van der Waals surface area contributed by atoms with Crippen molar-refractivity contribution in [3.8, 4) is 0 Å². The Balaban J connectivity index is 4.22. The molecule has 0 fully saturated rings. The number of carboxylic acids is 1. The van der Waals surface area contributed by atoms with E-state index < -0.39 is 30.0 Å². The molecule has 3 atom stereocenters. The molecule has 0 aromatic heterocycles. The molecule has 3 unspecified atom stereocenters. The molecule has 0 aliphatic carbocycles. The summed E-state index contributed by atoms with van der Waals surface area (Å²) in [4.78, 5) is 11.5. The van der Waals surface area contributed by atoms with Crippen LogP contribution in [0.3, 0.4) is 0 Å². The van der Waals surface area contributed by atoms with E-state index in [4.69, 9.17) is 0 Å². The van der Waals surface area contributed by atoms with E-state index >= 15 is 0 Å². The smallest absolute Gasteiger partial charge is 0.307 e. The van der Waals surface area contributed by atoms with Crippen LogP contribution in [0.5, 0.6) is 0 Å². The number of hydrogen-bond acceptors (Lipinski definition) is 3. The quantitative estimate of drug-likeness (QED) is 0.185. The van der Waals surface area contributed by atoms with Crippen LogP contribution in [0.4, 0.5) is 0 Å². The van der Waals surface area contributed by atoms with E-state index in [9.17, 15) is 20.1 Å². The Bertz CT molecular complexity index is 623. The van der Waals surface area contributed by atoms with E-state index in [0.29, 0.717) is 12.8 Å². The molecule has 0 amide bonds. The molecule has 31 heavy (non-hydrogen) atoms. The van der Waals surface area contributed by atoms with E-state index in [1.807, 2.05) is 18.2 Å². The largest absolute Gasteiger partial charge is 0.481 e. The van der Waals surface area contributed by atoms with Crippen LogP contribution in [0.25, 0.3) is 0 Å². The normalized spacial score (nSPS) is 16.2. The van der Waals surface area contributed by atoms with Gasteiger partial charge in [-0.3, -0.25) is 4.79 Å². The van der Waals surface area contributed by atoms with Gasteiger partial charge in [-0.15, -0.1) is 0 Å². The number of hydrogen-bond donors (Lipinski definition) is 3. The molecule has 0 bridgehead atoms. The van der Waals surface area contributed by atoms with Crippen molar-refractivity contribution in [2.24, 2.45) is 17.8 Å². The van der Waals surface area contributed by atoms with E-state index in [1.165, 1.54) is 0 Å². The number of aliphatic hydroxyl groups is 2. The van der Waals surface area contributed by atoms with Crippen LogP contribution in [0.15, 0.2) is 72.9 Å². The molecular weight excluding hydrogens is 388 g/mol. The second-order valence-electron chi connectivity index (χ2n) is 7.57. The summed E-state index contributed by atoms with van der Waals surface area (Å²) in [7, 11) is 0. The van der Waals surface area contributed by atoms with Crippen LogP contribution in [-0.2, 0) is 4.79 Å². The summed E-state index contributed by atoms with van der Waals surface area (Å²) >= 11 is 0. The lowest BCUT2D eigenvalue weighted by Crippen LogP contribution is -2.32. The summed E-state index contributed by atoms with van der Waals surface area (Å²) in [5, 5.41) is 28.3. The van der Waals surface area contributed by atoms with Crippen molar-refractivity contribution in [1.82, 2.24) is 0 Å². The minimum Gasteiger partial charge on any atom is -0.481 e. The summed E-state index contributed by atoms with van der Waals surface area (Å²) in [6, 6.07) is 0. The number of allylic oxidation sites excluding steroid dienone is 12. The first kappa shape index (κ1) is 28.8. The summed E-state index contributed by atoms with van der Waals surface area (Å²) in [5.74, 6) is -2.48. The molecule has 0 saturated heterocycles. The first-order valence-corrected chi connectivity index (χ1v) is 11.5. The molecule has 0 aromatic carbocycles. The molecule has 3 N–H and O–H groups in total. The average molecular weight is 431 g/mol. The molecule has 0 rings (SSSR count). The van der Waals surface area contributed by atoms with Gasteiger partial charge in [0, 0.05) is 5.92 Å². The highest BCUT2D eigenvalue weighted by Gasteiger charge is 2.31. The molecule has 0 aliphatic rings. The number of aliphatic hydroxyl groups excluding tert-OH is 1. The van der Waals surface area contributed by atoms with E-state index in [1.54, 1.807) is 13.8 Å². The van der Waals surface area contributed by atoms with Crippen molar-refractivity contribution >= 4 is 5.97 Å². The van der Waals surface area contributed by atoms with E-state index in [-0.39, 0.29) is 0 Å². The Labute approximate surface area is 189 Å². The maximum atomic E-state index is 11.5. The molecule has 0 radical (unpaired) electrons. The van der Waals surface area contributed by atoms with Crippen molar-refractivity contribution in [2.45, 2.75) is 72.0 Å². The summed E-state index contributed by atoms with van der Waals surface area (Å²) < 4.78 is 0. The molecular formula is C27H42O4. The Hall–Kier alpha value is -2.17. The maximum Gasteiger partial charge on any atom is 0.307 e. The molecule has 0 aromatic rings. The van der Waals surface area contributed by atoms with Gasteiger partial charge in [0.15, 0.2) is 6.29 Å². The zero-order chi connectivity index (χ0) is 23.3. The van der Waals surface area contributed by atoms with Crippen LogP contribution in [0.2, 0.25) is 0 Å². The Kier molecular flexibility index (Phi) is 18.4. The topological polar surface area (TPSA) is 77.8 Å². The summed E-state index contributed by atoms with van der Waals surface area (Å²) in [6.45, 7) is 5.61. The maximum absolute atomic E-state index is 11.5. The lowest BCUT2D eigenvalue weighted by atomic mass is 9.80. The molecule has 4 heteroatoms. The highest BCUT2D eigenvalue weighted by atomic mass is 16.5. The van der Waals surface area contributed by atoms with Gasteiger partial charge >= 0.3 is 5.97 Å². The van der Waals surface area contributed by atoms with Crippen LogP contribution < -0.4 is 0 Å². The Morgan fingerprint density at radius 3 is 1.42 bits per heavy atom. The summed E-state index contributed by atoms with van der Waals surface area (Å²) in [6.07, 6.45) is 29.6. The molecule has 0 heterocycles. The van der Waals surface area contributed by atoms with Gasteiger partial charge in [-0.05, 0) is 50.9 Å². The number of aliphatic carboxylic acids is 1. The lowest BCUT2D eigenvalue weighted by molar-refractivity contribution is -0.147. The van der Waals surface area contributed by atoms with Gasteiger partial charge in [0.1, 0.15) is 0 Å². The first-order chi connectivity index (χ1) is 15.0. The van der Waals surface area contributed by atoms with Gasteiger partial charge in [0.2, 0.25) is 0 Å². The fourth-order valence-corrected chi connectivity index (χ4v) is 3.15. The average Bonchev–Trinajstić information content (AvgIpc) is 2.74. The predicted molar refractivity (Wildman–Crippen MR) is 131 cm³/mol. The van der Waals surface area contributed by atoms with Crippen molar-refractivity contribution in [2.75, 3.05) is 0 Å². The zero-order valence-corrected chi connectivity index (χ0v) is 19.4. The molecule has 174 valence electrons. The third-order valence-electron chi connectivity index (χ3n) is 5.09. The summed E-state index contributed by atoms with van der Waals surface area (Å²) in [5.41, 5.74) is 0. The number of rotatable bonds is 17. The molecule has 0 saturated carbocycles. The van der Waals surface area contributed by atoms with Gasteiger partial charge in [-0.25, -0.2) is 0 Å². The van der Waals surface area contributed by atoms with Crippen LogP contribution in [0, 0.1) is 17.8 Å². The van der Waals surface area contributed by atoms with Gasteiger partial charge in [-0.1, -0.05) is 93.7 Å². The van der Waals surface area contributed by atoms with Crippen LogP contribution >= 0.6 is 0 Å². The van der Waals surface area contributed by atoms with Gasteiger partial charge < -0.3 is 15.3 Å². The lowest BCUT2D eigenvalue weighted by Gasteiger charge is -2.27. The highest BCUT2D eigenvalue weighted by Crippen LogP contribution is 2.28. The van der Waals surface area contributed by atoms with Crippen molar-refractivity contribution in [1.29, 1.82) is 0 Å². The molecule has 0 aliphatic heterocycles. The van der Waals surface area contributed by atoms with Gasteiger partial charge in [0.05, 0.1) is 5.92 Å². The molecule has 4 nitrogen and oxygen atoms in total. The first-order valence-electron chi connectivity index (χ1n) is 11.5. The number of carbonyl (C=O) groups is 1. The second kappa shape index (κ2) is 19.8. The van der Waals surface area contributed by atoms with Crippen molar-refractivity contribution < 1.29 is 20.1 Å². The van der Waals surface area contributed by atoms with Crippen molar-refractivity contribution in [3.05, 3.63) is 72.9 Å². The van der Waals surface area contributed by atoms with Gasteiger partial charge in [0.25, 0.3) is 0 Å². The third-order valence-corrected chi connectivity index (χ3v) is 5.09. The SMILES string of the molecule is CCC=CCC=CCC=CCC=CCC=CCC=CC(C(CC)C(=O)O)C(C)C(O)O.